The Balaban J connectivity index is 1.42. The van der Waals surface area contributed by atoms with Crippen LogP contribution in [0.5, 0.6) is 11.5 Å². The highest BCUT2D eigenvalue weighted by atomic mass is 32.2. The first-order chi connectivity index (χ1) is 20.1. The first kappa shape index (κ1) is 29.2. The van der Waals surface area contributed by atoms with Gasteiger partial charge in [-0.3, -0.25) is 0 Å². The van der Waals surface area contributed by atoms with Crippen molar-refractivity contribution in [3.63, 3.8) is 0 Å². The topological polar surface area (TPSA) is 92.7 Å². The van der Waals surface area contributed by atoms with Crippen LogP contribution < -0.4 is 4.74 Å². The summed E-state index contributed by atoms with van der Waals surface area (Å²) in [5.74, 6) is -0.259. The average molecular weight is 607 g/mol. The zero-order valence-electron chi connectivity index (χ0n) is 22.1. The molecule has 0 aliphatic rings. The van der Waals surface area contributed by atoms with Crippen LogP contribution in [0.3, 0.4) is 0 Å². The Morgan fingerprint density at radius 3 is 1.83 bits per heavy atom. The molecular weight excluding hydrogens is 582 g/mol. The van der Waals surface area contributed by atoms with Gasteiger partial charge in [0.15, 0.2) is 30.9 Å². The number of halogens is 2. The molecule has 0 heterocycles. The fourth-order valence-electron chi connectivity index (χ4n) is 4.34. The minimum absolute atomic E-state index is 0.0889. The highest BCUT2D eigenvalue weighted by molar-refractivity contribution is 7.97. The number of carbonyl (C=O) groups is 1. The quantitative estimate of drug-likeness (QED) is 0.0986. The van der Waals surface area contributed by atoms with Crippen molar-refractivity contribution in [3.05, 3.63) is 127 Å². The number of hydrogen-bond acceptors (Lipinski definition) is 6. The third-order valence-corrected chi connectivity index (χ3v) is 9.67. The van der Waals surface area contributed by atoms with Crippen LogP contribution >= 0.6 is 0 Å². The lowest BCUT2D eigenvalue weighted by Crippen LogP contribution is -2.42. The number of carbonyl (C=O) groups excluding carboxylic acids is 1. The number of esters is 1. The summed E-state index contributed by atoms with van der Waals surface area (Å²) >= 11 is 0. The van der Waals surface area contributed by atoms with Crippen LogP contribution in [0.4, 0.5) is 8.78 Å². The van der Waals surface area contributed by atoms with Crippen LogP contribution in [0, 0.1) is 0 Å². The number of benzene rings is 5. The smallest absolute Gasteiger partial charge is 0.370 e. The summed E-state index contributed by atoms with van der Waals surface area (Å²) in [4.78, 5) is 16.2. The third kappa shape index (κ3) is 6.01. The van der Waals surface area contributed by atoms with E-state index in [1.165, 1.54) is 21.9 Å². The van der Waals surface area contributed by atoms with Crippen LogP contribution in [0.15, 0.2) is 136 Å². The van der Waals surface area contributed by atoms with Crippen LogP contribution in [0.1, 0.15) is 17.3 Å². The summed E-state index contributed by atoms with van der Waals surface area (Å²) in [5, 5.41) is -3.94. The Bertz CT molecular complexity index is 1770. The zero-order chi connectivity index (χ0) is 29.9. The number of hydrogen-bond donors (Lipinski definition) is 0. The van der Waals surface area contributed by atoms with Gasteiger partial charge in [0, 0.05) is 5.39 Å². The van der Waals surface area contributed by atoms with Gasteiger partial charge >= 0.3 is 11.2 Å². The second kappa shape index (κ2) is 11.9. The highest BCUT2D eigenvalue weighted by Gasteiger charge is 2.46. The van der Waals surface area contributed by atoms with Crippen molar-refractivity contribution in [2.45, 2.75) is 33.0 Å². The van der Waals surface area contributed by atoms with Gasteiger partial charge in [-0.2, -0.15) is 8.78 Å². The number of ether oxygens (including phenoxy) is 2. The molecule has 0 bridgehead atoms. The van der Waals surface area contributed by atoms with Crippen molar-refractivity contribution >= 4 is 37.8 Å². The third-order valence-electron chi connectivity index (χ3n) is 6.44. The molecule has 214 valence electrons. The predicted octanol–water partition coefficient (Wildman–Crippen LogP) is 7.41. The Morgan fingerprint density at radius 1 is 0.738 bits per heavy atom. The number of rotatable bonds is 9. The highest BCUT2D eigenvalue weighted by Crippen LogP contribution is 2.36. The van der Waals surface area contributed by atoms with Crippen molar-refractivity contribution in [2.75, 3.05) is 0 Å². The van der Waals surface area contributed by atoms with Crippen molar-refractivity contribution in [1.82, 2.24) is 0 Å². The van der Waals surface area contributed by atoms with Gasteiger partial charge in [-0.25, -0.2) is 13.2 Å². The average Bonchev–Trinajstić information content (AvgIpc) is 2.98. The zero-order valence-corrected chi connectivity index (χ0v) is 23.8. The molecule has 0 amide bonds. The van der Waals surface area contributed by atoms with Crippen LogP contribution in [0.25, 0.3) is 10.8 Å². The number of alkyl halides is 2. The first-order valence-electron chi connectivity index (χ1n) is 12.7. The van der Waals surface area contributed by atoms with E-state index in [1.807, 2.05) is 60.7 Å². The molecule has 0 N–H and O–H groups in total. The summed E-state index contributed by atoms with van der Waals surface area (Å²) in [6.07, 6.45) is -2.49. The lowest BCUT2D eigenvalue weighted by atomic mass is 10.0. The summed E-state index contributed by atoms with van der Waals surface area (Å²) in [5.41, 5.74) is -0.0889. The molecule has 0 saturated carbocycles. The molecule has 0 aliphatic carbocycles. The molecule has 6 nitrogen and oxygen atoms in total. The van der Waals surface area contributed by atoms with Crippen LogP contribution in [0.2, 0.25) is 0 Å². The minimum atomic E-state index is -6.03. The maximum atomic E-state index is 13.9. The fourth-order valence-corrected chi connectivity index (χ4v) is 6.87. The van der Waals surface area contributed by atoms with Crippen molar-refractivity contribution in [1.29, 1.82) is 0 Å². The first-order valence-corrected chi connectivity index (χ1v) is 15.4. The van der Waals surface area contributed by atoms with Crippen molar-refractivity contribution in [3.8, 4) is 11.5 Å². The second-order valence-corrected chi connectivity index (χ2v) is 12.7. The molecule has 5 aromatic carbocycles. The molecule has 0 spiro atoms. The van der Waals surface area contributed by atoms with Gasteiger partial charge in [0.25, 0.3) is 0 Å². The molecule has 0 aliphatic heterocycles. The van der Waals surface area contributed by atoms with Crippen molar-refractivity contribution < 1.29 is 36.0 Å². The van der Waals surface area contributed by atoms with Gasteiger partial charge in [-0.1, -0.05) is 60.7 Å². The van der Waals surface area contributed by atoms with Crippen LogP contribution in [-0.2, 0) is 25.7 Å². The van der Waals surface area contributed by atoms with Gasteiger partial charge in [-0.15, -0.1) is 0 Å². The maximum Gasteiger partial charge on any atom is 0.370 e. The Morgan fingerprint density at radius 2 is 1.26 bits per heavy atom. The van der Waals surface area contributed by atoms with Gasteiger partial charge in [-0.05, 0) is 73.0 Å². The molecule has 1 atom stereocenters. The van der Waals surface area contributed by atoms with Gasteiger partial charge in [0.1, 0.15) is 11.5 Å². The lowest BCUT2D eigenvalue weighted by molar-refractivity contribution is -0.0553. The summed E-state index contributed by atoms with van der Waals surface area (Å²) in [6, 6.07) is 37.6. The second-order valence-electron chi connectivity index (χ2n) is 9.23. The standard InChI is InChI=1S/C32H24F2O6S2/c1-22(32(33,34)42(36,37)38)39-31(35)29-16-8-15-28-27(29)14-9-17-30(28)40-23-18-20-26(21-19-23)41(24-10-4-2-5-11-24)25-12-6-3-7-13-25/h2-22H,1H3. The Hall–Kier alpha value is -4.25. The van der Waals surface area contributed by atoms with E-state index in [0.717, 1.165) is 4.90 Å². The van der Waals surface area contributed by atoms with E-state index in [1.54, 1.807) is 24.3 Å². The van der Waals surface area contributed by atoms with E-state index in [0.29, 0.717) is 29.2 Å². The largest absolute Gasteiger partial charge is 0.743 e. The maximum absolute atomic E-state index is 13.9. The van der Waals surface area contributed by atoms with E-state index >= 15 is 0 Å². The van der Waals surface area contributed by atoms with E-state index in [2.05, 4.69) is 24.3 Å². The van der Waals surface area contributed by atoms with Crippen molar-refractivity contribution in [2.24, 2.45) is 0 Å². The SMILES string of the molecule is CC(OC(=O)c1cccc2c(Oc3ccc([S+](c4ccccc4)c4ccccc4)cc3)cccc12)C(F)(F)S(=O)(=O)[O-]. The van der Waals surface area contributed by atoms with E-state index in [9.17, 15) is 26.5 Å². The predicted molar refractivity (Wildman–Crippen MR) is 155 cm³/mol. The summed E-state index contributed by atoms with van der Waals surface area (Å²) < 4.78 is 71.4. The van der Waals surface area contributed by atoms with Gasteiger partial charge < -0.3 is 14.0 Å². The Labute approximate surface area is 244 Å². The molecule has 10 heteroatoms. The molecule has 5 rings (SSSR count). The summed E-state index contributed by atoms with van der Waals surface area (Å²) in [7, 11) is -6.37. The molecule has 0 aromatic heterocycles. The minimum Gasteiger partial charge on any atom is -0.743 e. The van der Waals surface area contributed by atoms with Crippen LogP contribution in [-0.4, -0.2) is 30.3 Å². The molecule has 1 unspecified atom stereocenters. The van der Waals surface area contributed by atoms with Gasteiger partial charge in [0.05, 0.1) is 16.5 Å². The molecule has 0 radical (unpaired) electrons. The molecular formula is C32H24F2O6S2. The number of fused-ring (bicyclic) bond motifs is 1. The van der Waals surface area contributed by atoms with E-state index in [4.69, 9.17) is 9.47 Å². The summed E-state index contributed by atoms with van der Waals surface area (Å²) in [6.45, 7) is 0.650. The normalized spacial score (nSPS) is 12.7. The Kier molecular flexibility index (Phi) is 8.31. The molecule has 5 aromatic rings. The van der Waals surface area contributed by atoms with Gasteiger partial charge in [0.2, 0.25) is 0 Å². The molecule has 42 heavy (non-hydrogen) atoms. The van der Waals surface area contributed by atoms with E-state index < -0.39 is 27.4 Å². The monoisotopic (exact) mass is 606 g/mol. The molecule has 0 fully saturated rings. The lowest BCUT2D eigenvalue weighted by Gasteiger charge is -2.25. The fraction of sp³-hybridized carbons (Fsp3) is 0.0938. The molecule has 0 saturated heterocycles. The van der Waals surface area contributed by atoms with E-state index in [-0.39, 0.29) is 16.5 Å².